The van der Waals surface area contributed by atoms with E-state index in [1.807, 2.05) is 34.3 Å². The number of carboxylic acid groups (broad SMARTS) is 1. The predicted molar refractivity (Wildman–Crippen MR) is 97.2 cm³/mol. The molecule has 26 heavy (non-hydrogen) atoms. The summed E-state index contributed by atoms with van der Waals surface area (Å²) in [6, 6.07) is 13.2. The van der Waals surface area contributed by atoms with E-state index in [2.05, 4.69) is 10.3 Å². The maximum atomic E-state index is 12.4. The molecule has 0 aliphatic rings. The summed E-state index contributed by atoms with van der Waals surface area (Å²) >= 11 is 1.56. The molecule has 0 unspecified atom stereocenters. The molecule has 0 saturated heterocycles. The number of anilines is 1. The van der Waals surface area contributed by atoms with Gasteiger partial charge in [-0.05, 0) is 18.2 Å². The molecule has 2 heterocycles. The second-order valence-electron chi connectivity index (χ2n) is 5.58. The highest BCUT2D eigenvalue weighted by atomic mass is 32.1. The van der Waals surface area contributed by atoms with Crippen molar-refractivity contribution in [2.45, 2.75) is 0 Å². The number of aromatic nitrogens is 2. The second-order valence-corrected chi connectivity index (χ2v) is 6.46. The lowest BCUT2D eigenvalue weighted by Crippen LogP contribution is -2.26. The zero-order valence-corrected chi connectivity index (χ0v) is 14.2. The minimum absolute atomic E-state index is 0.0610. The molecule has 0 bridgehead atoms. The molecule has 1 N–H and O–H groups in total. The Hall–Kier alpha value is -3.45. The Kier molecular flexibility index (Phi) is 3.98. The van der Waals surface area contributed by atoms with Gasteiger partial charge in [-0.2, -0.15) is 0 Å². The molecule has 0 aliphatic carbocycles. The van der Waals surface area contributed by atoms with Gasteiger partial charge in [0.1, 0.15) is 0 Å². The van der Waals surface area contributed by atoms with Crippen molar-refractivity contribution in [2.24, 2.45) is 0 Å². The molecular formula is C19H12N3O3S-. The van der Waals surface area contributed by atoms with Gasteiger partial charge in [0, 0.05) is 40.2 Å². The first-order valence-corrected chi connectivity index (χ1v) is 8.64. The molecule has 128 valence electrons. The first-order valence-electron chi connectivity index (χ1n) is 7.76. The average molecular weight is 362 g/mol. The van der Waals surface area contributed by atoms with Gasteiger partial charge in [-0.3, -0.25) is 9.20 Å². The number of aromatic carboxylic acids is 1. The number of nitrogens with zero attached hydrogens (tertiary/aromatic N) is 2. The zero-order chi connectivity index (χ0) is 18.1. The van der Waals surface area contributed by atoms with E-state index in [1.165, 1.54) is 12.1 Å². The fraction of sp³-hybridized carbons (Fsp3) is 0. The van der Waals surface area contributed by atoms with E-state index in [9.17, 15) is 14.7 Å². The fourth-order valence-electron chi connectivity index (χ4n) is 2.65. The Labute approximate surface area is 152 Å². The summed E-state index contributed by atoms with van der Waals surface area (Å²) in [5.74, 6) is -1.88. The quantitative estimate of drug-likeness (QED) is 0.605. The second kappa shape index (κ2) is 6.45. The molecule has 0 aliphatic heterocycles. The van der Waals surface area contributed by atoms with Crippen LogP contribution in [-0.4, -0.2) is 21.3 Å². The van der Waals surface area contributed by atoms with E-state index < -0.39 is 11.9 Å². The van der Waals surface area contributed by atoms with E-state index >= 15 is 0 Å². The maximum absolute atomic E-state index is 12.4. The van der Waals surface area contributed by atoms with E-state index in [1.54, 1.807) is 35.6 Å². The Morgan fingerprint density at radius 1 is 1.04 bits per heavy atom. The molecule has 1 amide bonds. The van der Waals surface area contributed by atoms with Crippen LogP contribution in [0.4, 0.5) is 5.69 Å². The monoisotopic (exact) mass is 362 g/mol. The van der Waals surface area contributed by atoms with E-state index in [0.29, 0.717) is 5.69 Å². The molecule has 2 aromatic carbocycles. The fourth-order valence-corrected chi connectivity index (χ4v) is 3.35. The summed E-state index contributed by atoms with van der Waals surface area (Å²) in [6.45, 7) is 0. The molecule has 2 aromatic heterocycles. The zero-order valence-electron chi connectivity index (χ0n) is 13.4. The number of carbonyl (C=O) groups excluding carboxylic acids is 2. The molecule has 4 rings (SSSR count). The molecule has 0 atom stereocenters. The van der Waals surface area contributed by atoms with Gasteiger partial charge in [0.25, 0.3) is 5.91 Å². The third-order valence-corrected chi connectivity index (χ3v) is 4.69. The highest BCUT2D eigenvalue weighted by Crippen LogP contribution is 2.23. The summed E-state index contributed by atoms with van der Waals surface area (Å²) in [5.41, 5.74) is 2.25. The number of hydrogen-bond donors (Lipinski definition) is 1. The number of benzene rings is 2. The van der Waals surface area contributed by atoms with Gasteiger partial charge in [0.15, 0.2) is 4.96 Å². The van der Waals surface area contributed by atoms with Gasteiger partial charge >= 0.3 is 0 Å². The van der Waals surface area contributed by atoms with Crippen molar-refractivity contribution < 1.29 is 14.7 Å². The Morgan fingerprint density at radius 3 is 2.46 bits per heavy atom. The molecule has 7 heteroatoms. The van der Waals surface area contributed by atoms with Crippen LogP contribution in [-0.2, 0) is 0 Å². The standard InChI is InChI=1S/C19H13N3O3S/c23-17(14-3-1-2-4-15(14)18(24)25)20-13-7-5-12(6-8-13)16-11-22-9-10-26-19(22)21-16/h1-11H,(H,20,23)(H,24,25)/p-1. The van der Waals surface area contributed by atoms with Crippen LogP contribution in [0.25, 0.3) is 16.2 Å². The highest BCUT2D eigenvalue weighted by Gasteiger charge is 2.12. The molecule has 6 nitrogen and oxygen atoms in total. The lowest BCUT2D eigenvalue weighted by molar-refractivity contribution is -0.255. The largest absolute Gasteiger partial charge is 0.545 e. The molecule has 0 radical (unpaired) electrons. The van der Waals surface area contributed by atoms with Gasteiger partial charge in [-0.15, -0.1) is 11.3 Å². The number of nitrogens with one attached hydrogen (secondary N) is 1. The van der Waals surface area contributed by atoms with Crippen molar-refractivity contribution in [3.8, 4) is 11.3 Å². The molecular weight excluding hydrogens is 350 g/mol. The molecule has 4 aromatic rings. The SMILES string of the molecule is O=C([O-])c1ccccc1C(=O)Nc1ccc(-c2cn3ccsc3n2)cc1. The van der Waals surface area contributed by atoms with E-state index in [0.717, 1.165) is 16.2 Å². The third kappa shape index (κ3) is 2.96. The number of rotatable bonds is 4. The van der Waals surface area contributed by atoms with Crippen LogP contribution in [0.2, 0.25) is 0 Å². The van der Waals surface area contributed by atoms with Crippen LogP contribution in [0.3, 0.4) is 0 Å². The molecule has 0 spiro atoms. The summed E-state index contributed by atoms with van der Waals surface area (Å²) in [4.78, 5) is 28.9. The van der Waals surface area contributed by atoms with Crippen LogP contribution in [0.1, 0.15) is 20.7 Å². The van der Waals surface area contributed by atoms with Crippen LogP contribution in [0.5, 0.6) is 0 Å². The molecule has 0 saturated carbocycles. The van der Waals surface area contributed by atoms with E-state index in [4.69, 9.17) is 0 Å². The van der Waals surface area contributed by atoms with Crippen molar-refractivity contribution >= 4 is 33.9 Å². The van der Waals surface area contributed by atoms with Crippen molar-refractivity contribution in [1.29, 1.82) is 0 Å². The first kappa shape index (κ1) is 16.0. The summed E-state index contributed by atoms with van der Waals surface area (Å²) in [7, 11) is 0. The average Bonchev–Trinajstić information content (AvgIpc) is 3.24. The lowest BCUT2D eigenvalue weighted by atomic mass is 10.1. The number of carboxylic acids is 1. The van der Waals surface area contributed by atoms with Gasteiger partial charge in [0.05, 0.1) is 11.7 Å². The maximum Gasteiger partial charge on any atom is 0.256 e. The lowest BCUT2D eigenvalue weighted by Gasteiger charge is -2.11. The van der Waals surface area contributed by atoms with Gasteiger partial charge in [-0.25, -0.2) is 4.98 Å². The Morgan fingerprint density at radius 2 is 1.77 bits per heavy atom. The minimum atomic E-state index is -1.38. The van der Waals surface area contributed by atoms with Gasteiger partial charge in [0.2, 0.25) is 0 Å². The predicted octanol–water partition coefficient (Wildman–Crippen LogP) is 2.68. The third-order valence-electron chi connectivity index (χ3n) is 3.92. The highest BCUT2D eigenvalue weighted by molar-refractivity contribution is 7.15. The topological polar surface area (TPSA) is 86.5 Å². The molecule has 0 fully saturated rings. The normalized spacial score (nSPS) is 10.8. The van der Waals surface area contributed by atoms with Crippen LogP contribution in [0.15, 0.2) is 66.3 Å². The summed E-state index contributed by atoms with van der Waals surface area (Å²) in [6.07, 6.45) is 3.88. The Bertz CT molecular complexity index is 1080. The van der Waals surface area contributed by atoms with Crippen molar-refractivity contribution in [2.75, 3.05) is 5.32 Å². The number of imidazole rings is 1. The number of fused-ring (bicyclic) bond motifs is 1. The van der Waals surface area contributed by atoms with Crippen LogP contribution in [0, 0.1) is 0 Å². The van der Waals surface area contributed by atoms with E-state index in [-0.39, 0.29) is 11.1 Å². The van der Waals surface area contributed by atoms with Crippen LogP contribution >= 0.6 is 11.3 Å². The van der Waals surface area contributed by atoms with Gasteiger partial charge in [-0.1, -0.05) is 30.3 Å². The van der Waals surface area contributed by atoms with Gasteiger partial charge < -0.3 is 15.2 Å². The van der Waals surface area contributed by atoms with Crippen molar-refractivity contribution in [3.05, 3.63) is 77.4 Å². The smallest absolute Gasteiger partial charge is 0.256 e. The Balaban J connectivity index is 1.55. The van der Waals surface area contributed by atoms with Crippen molar-refractivity contribution in [3.63, 3.8) is 0 Å². The number of amides is 1. The summed E-state index contributed by atoms with van der Waals surface area (Å²) < 4.78 is 1.95. The summed E-state index contributed by atoms with van der Waals surface area (Å²) in [5, 5.41) is 15.8. The minimum Gasteiger partial charge on any atom is -0.545 e. The number of thiazole rings is 1. The first-order chi connectivity index (χ1) is 12.6. The van der Waals surface area contributed by atoms with Crippen molar-refractivity contribution in [1.82, 2.24) is 9.38 Å². The number of carbonyl (C=O) groups is 2. The number of hydrogen-bond acceptors (Lipinski definition) is 5. The van der Waals surface area contributed by atoms with Crippen LogP contribution < -0.4 is 10.4 Å².